The number of nitrogens with one attached hydrogen (secondary N) is 3. The van der Waals surface area contributed by atoms with Crippen molar-refractivity contribution in [2.75, 3.05) is 19.6 Å². The summed E-state index contributed by atoms with van der Waals surface area (Å²) >= 11 is 0. The molecule has 0 saturated heterocycles. The molecule has 2 rings (SSSR count). The van der Waals surface area contributed by atoms with Crippen LogP contribution in [0.5, 0.6) is 0 Å². The predicted octanol–water partition coefficient (Wildman–Crippen LogP) is 2.72. The Morgan fingerprint density at radius 3 is 2.69 bits per heavy atom. The lowest BCUT2D eigenvalue weighted by molar-refractivity contribution is -0.121. The molecule has 0 heterocycles. The third-order valence-electron chi connectivity index (χ3n) is 4.84. The number of rotatable bonds is 9. The van der Waals surface area contributed by atoms with Crippen LogP contribution in [-0.2, 0) is 10.2 Å². The third kappa shape index (κ3) is 6.00. The van der Waals surface area contributed by atoms with Gasteiger partial charge in [0.15, 0.2) is 5.96 Å². The average molecular weight is 362 g/mol. The SMILES string of the molecule is CCNC(=NCC1(c2cccc(F)c2)CC1)NCCC(=O)NC(C)CC. The van der Waals surface area contributed by atoms with Crippen molar-refractivity contribution in [3.63, 3.8) is 0 Å². The van der Waals surface area contributed by atoms with Gasteiger partial charge in [0.1, 0.15) is 5.82 Å². The van der Waals surface area contributed by atoms with Crippen molar-refractivity contribution >= 4 is 11.9 Å². The van der Waals surface area contributed by atoms with Gasteiger partial charge in [-0.25, -0.2) is 4.39 Å². The number of carbonyl (C=O) groups is 1. The summed E-state index contributed by atoms with van der Waals surface area (Å²) < 4.78 is 13.5. The van der Waals surface area contributed by atoms with Crippen LogP contribution in [0.25, 0.3) is 0 Å². The molecule has 1 unspecified atom stereocenters. The minimum atomic E-state index is -0.199. The standard InChI is InChI=1S/C20H31FN4O/c1-4-15(3)25-18(26)9-12-23-19(22-5-2)24-14-20(10-11-20)16-7-6-8-17(21)13-16/h6-8,13,15H,4-5,9-12,14H2,1-3H3,(H,25,26)(H2,22,23,24). The lowest BCUT2D eigenvalue weighted by Crippen LogP contribution is -2.40. The van der Waals surface area contributed by atoms with Crippen LogP contribution in [0.3, 0.4) is 0 Å². The Hall–Kier alpha value is -2.11. The molecule has 6 heteroatoms. The van der Waals surface area contributed by atoms with Crippen LogP contribution >= 0.6 is 0 Å². The van der Waals surface area contributed by atoms with E-state index >= 15 is 0 Å². The number of hydrogen-bond donors (Lipinski definition) is 3. The number of guanidine groups is 1. The van der Waals surface area contributed by atoms with Gasteiger partial charge in [0.2, 0.25) is 5.91 Å². The zero-order chi connectivity index (χ0) is 19.0. The van der Waals surface area contributed by atoms with Crippen LogP contribution in [0.2, 0.25) is 0 Å². The fourth-order valence-corrected chi connectivity index (χ4v) is 2.82. The molecule has 1 aliphatic carbocycles. The average Bonchev–Trinajstić information content (AvgIpc) is 3.41. The van der Waals surface area contributed by atoms with Gasteiger partial charge in [-0.3, -0.25) is 9.79 Å². The lowest BCUT2D eigenvalue weighted by Gasteiger charge is -2.16. The molecule has 1 aliphatic rings. The summed E-state index contributed by atoms with van der Waals surface area (Å²) in [5.74, 6) is 0.544. The smallest absolute Gasteiger partial charge is 0.221 e. The van der Waals surface area contributed by atoms with E-state index in [1.165, 1.54) is 6.07 Å². The number of hydrogen-bond acceptors (Lipinski definition) is 2. The Bertz CT molecular complexity index is 628. The highest BCUT2D eigenvalue weighted by atomic mass is 19.1. The minimum Gasteiger partial charge on any atom is -0.357 e. The number of halogens is 1. The molecule has 1 atom stereocenters. The van der Waals surface area contributed by atoms with Crippen molar-refractivity contribution in [2.24, 2.45) is 4.99 Å². The van der Waals surface area contributed by atoms with Crippen molar-refractivity contribution in [3.05, 3.63) is 35.6 Å². The number of amides is 1. The molecule has 1 amide bonds. The summed E-state index contributed by atoms with van der Waals surface area (Å²) in [5, 5.41) is 9.37. The Morgan fingerprint density at radius 2 is 2.08 bits per heavy atom. The molecule has 144 valence electrons. The normalized spacial score (nSPS) is 16.7. The van der Waals surface area contributed by atoms with E-state index < -0.39 is 0 Å². The first-order chi connectivity index (χ1) is 12.5. The van der Waals surface area contributed by atoms with E-state index in [9.17, 15) is 9.18 Å². The molecular weight excluding hydrogens is 331 g/mol. The van der Waals surface area contributed by atoms with Gasteiger partial charge in [-0.1, -0.05) is 19.1 Å². The predicted molar refractivity (Wildman–Crippen MR) is 104 cm³/mol. The van der Waals surface area contributed by atoms with Crippen LogP contribution < -0.4 is 16.0 Å². The molecule has 0 bridgehead atoms. The highest BCUT2D eigenvalue weighted by Gasteiger charge is 2.44. The summed E-state index contributed by atoms with van der Waals surface area (Å²) in [4.78, 5) is 16.5. The largest absolute Gasteiger partial charge is 0.357 e. The maximum Gasteiger partial charge on any atom is 0.221 e. The molecule has 5 nitrogen and oxygen atoms in total. The Morgan fingerprint density at radius 1 is 1.31 bits per heavy atom. The summed E-state index contributed by atoms with van der Waals surface area (Å²) in [6.45, 7) is 7.94. The highest BCUT2D eigenvalue weighted by Crippen LogP contribution is 2.48. The topological polar surface area (TPSA) is 65.5 Å². The fourth-order valence-electron chi connectivity index (χ4n) is 2.82. The van der Waals surface area contributed by atoms with Gasteiger partial charge < -0.3 is 16.0 Å². The summed E-state index contributed by atoms with van der Waals surface area (Å²) in [7, 11) is 0. The van der Waals surface area contributed by atoms with Gasteiger partial charge in [0.25, 0.3) is 0 Å². The summed E-state index contributed by atoms with van der Waals surface area (Å²) in [6.07, 6.45) is 3.38. The van der Waals surface area contributed by atoms with Gasteiger partial charge in [-0.2, -0.15) is 0 Å². The van der Waals surface area contributed by atoms with Gasteiger partial charge in [0, 0.05) is 31.0 Å². The first-order valence-corrected chi connectivity index (χ1v) is 9.56. The zero-order valence-electron chi connectivity index (χ0n) is 16.1. The van der Waals surface area contributed by atoms with Crippen LogP contribution in [0.15, 0.2) is 29.3 Å². The van der Waals surface area contributed by atoms with Crippen molar-refractivity contribution in [2.45, 2.75) is 57.9 Å². The molecule has 1 saturated carbocycles. The number of nitrogens with zero attached hydrogens (tertiary/aromatic N) is 1. The van der Waals surface area contributed by atoms with Crippen LogP contribution in [-0.4, -0.2) is 37.5 Å². The first kappa shape index (κ1) is 20.2. The molecular formula is C20H31FN4O. The molecule has 3 N–H and O–H groups in total. The Kier molecular flexibility index (Phi) is 7.42. The maximum atomic E-state index is 13.5. The lowest BCUT2D eigenvalue weighted by atomic mass is 9.96. The van der Waals surface area contributed by atoms with Gasteiger partial charge in [-0.05, 0) is 50.8 Å². The minimum absolute atomic E-state index is 0.0427. The second kappa shape index (κ2) is 9.55. The number of aliphatic imine (C=N–C) groups is 1. The van der Waals surface area contributed by atoms with Crippen LogP contribution in [0.1, 0.15) is 52.0 Å². The molecule has 0 spiro atoms. The van der Waals surface area contributed by atoms with Crippen LogP contribution in [0, 0.1) is 5.82 Å². The Balaban J connectivity index is 1.87. The molecule has 0 radical (unpaired) electrons. The molecule has 26 heavy (non-hydrogen) atoms. The highest BCUT2D eigenvalue weighted by molar-refractivity contribution is 5.81. The number of benzene rings is 1. The van der Waals surface area contributed by atoms with Crippen molar-refractivity contribution < 1.29 is 9.18 Å². The van der Waals surface area contributed by atoms with E-state index in [1.54, 1.807) is 12.1 Å². The third-order valence-corrected chi connectivity index (χ3v) is 4.84. The van der Waals surface area contributed by atoms with Crippen LogP contribution in [0.4, 0.5) is 4.39 Å². The maximum absolute atomic E-state index is 13.5. The number of carbonyl (C=O) groups excluding carboxylic acids is 1. The molecule has 0 aromatic heterocycles. The second-order valence-electron chi connectivity index (χ2n) is 7.04. The Labute approximate surface area is 155 Å². The molecule has 1 fully saturated rings. The van der Waals surface area contributed by atoms with E-state index in [1.807, 2.05) is 26.8 Å². The van der Waals surface area contributed by atoms with E-state index in [-0.39, 0.29) is 23.2 Å². The van der Waals surface area contributed by atoms with E-state index in [0.717, 1.165) is 31.4 Å². The monoisotopic (exact) mass is 362 g/mol. The van der Waals surface area contributed by atoms with Gasteiger partial charge >= 0.3 is 0 Å². The molecule has 0 aliphatic heterocycles. The van der Waals surface area contributed by atoms with Crippen molar-refractivity contribution in [3.8, 4) is 0 Å². The first-order valence-electron chi connectivity index (χ1n) is 9.56. The summed E-state index contributed by atoms with van der Waals surface area (Å²) in [5.41, 5.74) is 0.975. The quantitative estimate of drug-likeness (QED) is 0.467. The zero-order valence-corrected chi connectivity index (χ0v) is 16.1. The fraction of sp³-hybridized carbons (Fsp3) is 0.600. The van der Waals surface area contributed by atoms with E-state index in [0.29, 0.717) is 25.5 Å². The van der Waals surface area contributed by atoms with Crippen molar-refractivity contribution in [1.82, 2.24) is 16.0 Å². The van der Waals surface area contributed by atoms with Gasteiger partial charge in [-0.15, -0.1) is 0 Å². The van der Waals surface area contributed by atoms with Gasteiger partial charge in [0.05, 0.1) is 6.54 Å². The second-order valence-corrected chi connectivity index (χ2v) is 7.04. The van der Waals surface area contributed by atoms with E-state index in [4.69, 9.17) is 0 Å². The van der Waals surface area contributed by atoms with Crippen molar-refractivity contribution in [1.29, 1.82) is 0 Å². The van der Waals surface area contributed by atoms with E-state index in [2.05, 4.69) is 20.9 Å². The molecule has 1 aromatic rings. The summed E-state index contributed by atoms with van der Waals surface area (Å²) in [6, 6.07) is 7.02. The molecule has 1 aromatic carbocycles.